The first-order valence-electron chi connectivity index (χ1n) is 18.1. The van der Waals surface area contributed by atoms with Gasteiger partial charge in [-0.2, -0.15) is 4.98 Å². The van der Waals surface area contributed by atoms with Crippen LogP contribution in [0.1, 0.15) is 33.6 Å². The van der Waals surface area contributed by atoms with E-state index >= 15 is 0 Å². The Hall–Kier alpha value is -4.05. The molecule has 0 aliphatic carbocycles. The Kier molecular flexibility index (Phi) is 11.8. The summed E-state index contributed by atoms with van der Waals surface area (Å²) in [6.45, 7) is 14.6. The van der Waals surface area contributed by atoms with Gasteiger partial charge in [-0.15, -0.1) is 0 Å². The largest absolute Gasteiger partial charge is 0.494 e. The standard InChI is InChI=1S/C37H52ClN9O5S/c1-37(2,3)52-36(48)47-24-26(25-47)23-44-17-19-46(20-18-44)27-13-15-45(16-14-27)28-11-12-31(33(21-28)51-5)41-35-39-22-29(38)34(42-35)40-30-9-7-8-10-32(30)43(4)53(6,49)50/h7-12,21-22,26-27H,13-20,23-25H2,1-6H3,(H2,39,40,41,42). The Balaban J connectivity index is 0.994. The molecular formula is C37H52ClN9O5S. The topological polar surface area (TPSA) is 136 Å². The third-order valence-corrected chi connectivity index (χ3v) is 11.5. The molecule has 16 heteroatoms. The van der Waals surface area contributed by atoms with Crippen LogP contribution in [0, 0.1) is 5.92 Å². The molecular weight excluding hydrogens is 718 g/mol. The van der Waals surface area contributed by atoms with E-state index in [0.717, 1.165) is 83.7 Å². The highest BCUT2D eigenvalue weighted by molar-refractivity contribution is 7.92. The predicted octanol–water partition coefficient (Wildman–Crippen LogP) is 5.47. The molecule has 3 aromatic rings. The zero-order valence-electron chi connectivity index (χ0n) is 31.5. The number of amides is 1. The third-order valence-electron chi connectivity index (χ3n) is 10.0. The van der Waals surface area contributed by atoms with Gasteiger partial charge in [-0.25, -0.2) is 18.2 Å². The van der Waals surface area contributed by atoms with Crippen LogP contribution in [0.2, 0.25) is 5.02 Å². The lowest BCUT2D eigenvalue weighted by Gasteiger charge is -2.46. The molecule has 0 bridgehead atoms. The number of carbonyl (C=O) groups excluding carboxylic acids is 1. The maximum Gasteiger partial charge on any atom is 0.410 e. The highest BCUT2D eigenvalue weighted by Crippen LogP contribution is 2.35. The molecule has 6 rings (SSSR count). The van der Waals surface area contributed by atoms with Gasteiger partial charge in [0.2, 0.25) is 16.0 Å². The fraction of sp³-hybridized carbons (Fsp3) is 0.541. The number of nitrogens with one attached hydrogen (secondary N) is 2. The van der Waals surface area contributed by atoms with Crippen LogP contribution in [-0.4, -0.2) is 130 Å². The van der Waals surface area contributed by atoms with Crippen molar-refractivity contribution in [3.05, 3.63) is 53.7 Å². The van der Waals surface area contributed by atoms with Crippen molar-refractivity contribution in [1.82, 2.24) is 24.7 Å². The molecule has 288 valence electrons. The Morgan fingerprint density at radius 3 is 2.36 bits per heavy atom. The highest BCUT2D eigenvalue weighted by atomic mass is 35.5. The van der Waals surface area contributed by atoms with Gasteiger partial charge in [-0.05, 0) is 57.9 Å². The van der Waals surface area contributed by atoms with Crippen molar-refractivity contribution < 1.29 is 22.7 Å². The van der Waals surface area contributed by atoms with Gasteiger partial charge in [0.05, 0.1) is 36.6 Å². The lowest BCUT2D eigenvalue weighted by Crippen LogP contribution is -2.58. The van der Waals surface area contributed by atoms with Gasteiger partial charge < -0.3 is 34.8 Å². The average molecular weight is 770 g/mol. The number of sulfonamides is 1. The van der Waals surface area contributed by atoms with Gasteiger partial charge in [0, 0.05) is 89.7 Å². The normalized spacial score (nSPS) is 18.0. The fourth-order valence-corrected chi connectivity index (χ4v) is 7.76. The summed E-state index contributed by atoms with van der Waals surface area (Å²) in [5, 5.41) is 6.70. The van der Waals surface area contributed by atoms with Crippen molar-refractivity contribution in [3.8, 4) is 5.75 Å². The van der Waals surface area contributed by atoms with Gasteiger partial charge in [-0.3, -0.25) is 9.21 Å². The predicted molar refractivity (Wildman–Crippen MR) is 211 cm³/mol. The molecule has 0 spiro atoms. The molecule has 53 heavy (non-hydrogen) atoms. The van der Waals surface area contributed by atoms with Crippen molar-refractivity contribution in [3.63, 3.8) is 0 Å². The number of ether oxygens (including phenoxy) is 2. The summed E-state index contributed by atoms with van der Waals surface area (Å²) in [6, 6.07) is 13.7. The van der Waals surface area contributed by atoms with Crippen LogP contribution in [0.25, 0.3) is 0 Å². The van der Waals surface area contributed by atoms with Crippen molar-refractivity contribution >= 4 is 62.2 Å². The van der Waals surface area contributed by atoms with Gasteiger partial charge in [0.1, 0.15) is 16.4 Å². The lowest BCUT2D eigenvalue weighted by atomic mass is 9.99. The fourth-order valence-electron chi connectivity index (χ4n) is 7.10. The molecule has 0 atom stereocenters. The monoisotopic (exact) mass is 769 g/mol. The molecule has 3 saturated heterocycles. The van der Waals surface area contributed by atoms with E-state index < -0.39 is 15.6 Å². The molecule has 0 radical (unpaired) electrons. The van der Waals surface area contributed by atoms with Gasteiger partial charge in [-0.1, -0.05) is 23.7 Å². The SMILES string of the molecule is COc1cc(N2CCC(N3CCN(CC4CN(C(=O)OC(C)(C)C)C4)CC3)CC2)ccc1Nc1ncc(Cl)c(Nc2ccccc2N(C)S(C)(=O)=O)n1. The summed E-state index contributed by atoms with van der Waals surface area (Å²) in [5.74, 6) is 1.81. The van der Waals surface area contributed by atoms with E-state index in [1.165, 1.54) is 17.5 Å². The number of hydrogen-bond acceptors (Lipinski definition) is 12. The van der Waals surface area contributed by atoms with Crippen LogP contribution in [0.5, 0.6) is 5.75 Å². The quantitative estimate of drug-likeness (QED) is 0.256. The molecule has 2 N–H and O–H groups in total. The van der Waals surface area contributed by atoms with Crippen molar-refractivity contribution in [2.24, 2.45) is 5.92 Å². The molecule has 1 amide bonds. The second-order valence-electron chi connectivity index (χ2n) is 15.1. The molecule has 2 aromatic carbocycles. The molecule has 0 unspecified atom stereocenters. The third kappa shape index (κ3) is 9.74. The molecule has 14 nitrogen and oxygen atoms in total. The van der Waals surface area contributed by atoms with Crippen LogP contribution in [0.15, 0.2) is 48.7 Å². The number of piperazine rings is 1. The van der Waals surface area contributed by atoms with Crippen molar-refractivity contribution in [1.29, 1.82) is 0 Å². The lowest BCUT2D eigenvalue weighted by molar-refractivity contribution is -0.0106. The van der Waals surface area contributed by atoms with E-state index in [-0.39, 0.29) is 11.1 Å². The molecule has 3 aliphatic rings. The number of methoxy groups -OCH3 is 1. The Morgan fingerprint density at radius 1 is 1.00 bits per heavy atom. The number of hydrogen-bond donors (Lipinski definition) is 2. The number of piperidine rings is 1. The van der Waals surface area contributed by atoms with E-state index in [0.29, 0.717) is 46.5 Å². The van der Waals surface area contributed by atoms with E-state index in [2.05, 4.69) is 41.4 Å². The first-order valence-corrected chi connectivity index (χ1v) is 20.4. The Morgan fingerprint density at radius 2 is 1.70 bits per heavy atom. The Labute approximate surface area is 318 Å². The van der Waals surface area contributed by atoms with E-state index in [1.54, 1.807) is 31.4 Å². The first-order chi connectivity index (χ1) is 25.2. The number of likely N-dealkylation sites (tertiary alicyclic amines) is 1. The van der Waals surface area contributed by atoms with Crippen molar-refractivity contribution in [2.75, 3.05) is 99.2 Å². The summed E-state index contributed by atoms with van der Waals surface area (Å²) in [4.78, 5) is 30.7. The number of rotatable bonds is 11. The van der Waals surface area contributed by atoms with Gasteiger partial charge >= 0.3 is 6.09 Å². The van der Waals surface area contributed by atoms with Crippen LogP contribution < -0.4 is 24.6 Å². The number of halogens is 1. The summed E-state index contributed by atoms with van der Waals surface area (Å²) in [6.07, 6.45) is 4.65. The zero-order chi connectivity index (χ0) is 37.9. The second-order valence-corrected chi connectivity index (χ2v) is 17.5. The number of carbonyl (C=O) groups is 1. The molecule has 3 fully saturated rings. The van der Waals surface area contributed by atoms with Crippen molar-refractivity contribution in [2.45, 2.75) is 45.3 Å². The minimum absolute atomic E-state index is 0.200. The summed E-state index contributed by atoms with van der Waals surface area (Å²) in [7, 11) is -0.351. The maximum atomic E-state index is 12.3. The van der Waals surface area contributed by atoms with Crippen LogP contribution in [0.3, 0.4) is 0 Å². The smallest absolute Gasteiger partial charge is 0.410 e. The van der Waals surface area contributed by atoms with E-state index in [1.807, 2.05) is 37.8 Å². The summed E-state index contributed by atoms with van der Waals surface area (Å²) < 4.78 is 36.9. The van der Waals surface area contributed by atoms with E-state index in [9.17, 15) is 13.2 Å². The summed E-state index contributed by atoms with van der Waals surface area (Å²) >= 11 is 6.46. The Bertz CT molecular complexity index is 1860. The second kappa shape index (κ2) is 16.1. The highest BCUT2D eigenvalue weighted by Gasteiger charge is 2.36. The molecule has 0 saturated carbocycles. The maximum absolute atomic E-state index is 12.3. The van der Waals surface area contributed by atoms with Crippen LogP contribution in [0.4, 0.5) is 39.3 Å². The van der Waals surface area contributed by atoms with Gasteiger partial charge in [0.25, 0.3) is 0 Å². The number of nitrogens with zero attached hydrogens (tertiary/aromatic N) is 7. The van der Waals surface area contributed by atoms with Crippen LogP contribution in [-0.2, 0) is 14.8 Å². The molecule has 3 aliphatic heterocycles. The minimum atomic E-state index is -3.49. The number of benzene rings is 2. The first kappa shape index (κ1) is 38.7. The number of anilines is 6. The van der Waals surface area contributed by atoms with Gasteiger partial charge in [0.15, 0.2) is 5.82 Å². The number of aromatic nitrogens is 2. The van der Waals surface area contributed by atoms with Crippen LogP contribution >= 0.6 is 11.6 Å². The molecule has 4 heterocycles. The minimum Gasteiger partial charge on any atom is -0.494 e. The average Bonchev–Trinajstić information content (AvgIpc) is 3.10. The number of para-hydroxylation sites is 2. The van der Waals surface area contributed by atoms with E-state index in [4.69, 9.17) is 21.1 Å². The zero-order valence-corrected chi connectivity index (χ0v) is 33.1. The summed E-state index contributed by atoms with van der Waals surface area (Å²) in [5.41, 5.74) is 2.33. The molecule has 1 aromatic heterocycles.